The number of hydrogen-bond acceptors (Lipinski definition) is 3. The van der Waals surface area contributed by atoms with Gasteiger partial charge in [-0.1, -0.05) is 49.9 Å². The number of rotatable bonds is 3. The Hall–Kier alpha value is -2.39. The van der Waals surface area contributed by atoms with Crippen LogP contribution in [0.4, 0.5) is 0 Å². The van der Waals surface area contributed by atoms with Crippen molar-refractivity contribution in [3.05, 3.63) is 42.2 Å². The first kappa shape index (κ1) is 18.0. The quantitative estimate of drug-likeness (QED) is 0.696. The van der Waals surface area contributed by atoms with E-state index in [1.165, 1.54) is 17.2 Å². The van der Waals surface area contributed by atoms with E-state index >= 15 is 0 Å². The van der Waals surface area contributed by atoms with E-state index in [-0.39, 0.29) is 17.3 Å². The molecule has 1 aromatic carbocycles. The van der Waals surface area contributed by atoms with E-state index in [4.69, 9.17) is 4.98 Å². The summed E-state index contributed by atoms with van der Waals surface area (Å²) in [4.78, 5) is 4.71. The largest absolute Gasteiger partial charge is 0.261 e. The smallest absolute Gasteiger partial charge is 0.0696 e. The summed E-state index contributed by atoms with van der Waals surface area (Å²) < 4.78 is 0. The van der Waals surface area contributed by atoms with Crippen LogP contribution >= 0.6 is 0 Å². The Balaban J connectivity index is 1.71. The zero-order valence-corrected chi connectivity index (χ0v) is 15.9. The Morgan fingerprint density at radius 3 is 2.67 bits per heavy atom. The van der Waals surface area contributed by atoms with Gasteiger partial charge in [-0.05, 0) is 55.4 Å². The third-order valence-corrected chi connectivity index (χ3v) is 7.12. The molecule has 0 spiro atoms. The first-order valence-corrected chi connectivity index (χ1v) is 10.4. The average Bonchev–Trinajstić information content (AvgIpc) is 2.74. The maximum Gasteiger partial charge on any atom is 0.0696 e. The molecule has 138 valence electrons. The molecule has 0 saturated heterocycles. The minimum absolute atomic E-state index is 0.0412. The van der Waals surface area contributed by atoms with Gasteiger partial charge in [-0.3, -0.25) is 4.98 Å². The fraction of sp³-hybridized carbons (Fsp3) is 0.542. The van der Waals surface area contributed by atoms with Gasteiger partial charge in [-0.25, -0.2) is 0 Å². The van der Waals surface area contributed by atoms with Crippen LogP contribution in [-0.4, -0.2) is 4.98 Å². The Kier molecular flexibility index (Phi) is 5.13. The van der Waals surface area contributed by atoms with E-state index < -0.39 is 0 Å². The van der Waals surface area contributed by atoms with Crippen LogP contribution in [0.2, 0.25) is 0 Å². The van der Waals surface area contributed by atoms with Crippen LogP contribution in [0, 0.1) is 45.8 Å². The zero-order chi connectivity index (χ0) is 18.7. The molecular weight excluding hydrogens is 330 g/mol. The fourth-order valence-electron chi connectivity index (χ4n) is 5.75. The SMILES string of the molecule is N#CC1CCCCC1C1(C#N)CCCCC1Cc1nccc2ccccc12. The second-order valence-electron chi connectivity index (χ2n) is 8.40. The van der Waals surface area contributed by atoms with E-state index in [0.717, 1.165) is 57.1 Å². The normalized spacial score (nSPS) is 31.1. The molecule has 1 aromatic heterocycles. The highest BCUT2D eigenvalue weighted by Gasteiger charge is 2.50. The van der Waals surface area contributed by atoms with Crippen LogP contribution < -0.4 is 0 Å². The van der Waals surface area contributed by atoms with Crippen molar-refractivity contribution < 1.29 is 0 Å². The molecule has 2 aliphatic carbocycles. The summed E-state index contributed by atoms with van der Waals surface area (Å²) in [7, 11) is 0. The zero-order valence-electron chi connectivity index (χ0n) is 15.9. The highest BCUT2D eigenvalue weighted by atomic mass is 14.7. The van der Waals surface area contributed by atoms with Crippen molar-refractivity contribution in [2.75, 3.05) is 0 Å². The molecule has 4 unspecified atom stereocenters. The second-order valence-corrected chi connectivity index (χ2v) is 8.40. The van der Waals surface area contributed by atoms with Crippen LogP contribution in [0.5, 0.6) is 0 Å². The van der Waals surface area contributed by atoms with Crippen molar-refractivity contribution in [3.8, 4) is 12.1 Å². The molecule has 2 saturated carbocycles. The Labute approximate surface area is 162 Å². The van der Waals surface area contributed by atoms with E-state index in [2.05, 4.69) is 42.5 Å². The molecule has 4 atom stereocenters. The minimum atomic E-state index is -0.363. The second kappa shape index (κ2) is 7.69. The lowest BCUT2D eigenvalue weighted by Gasteiger charge is -2.47. The molecule has 1 heterocycles. The lowest BCUT2D eigenvalue weighted by Crippen LogP contribution is -2.44. The molecule has 2 aromatic rings. The molecule has 27 heavy (non-hydrogen) atoms. The van der Waals surface area contributed by atoms with Gasteiger partial charge in [0.15, 0.2) is 0 Å². The summed E-state index contributed by atoms with van der Waals surface area (Å²) in [5.41, 5.74) is 0.751. The Morgan fingerprint density at radius 2 is 1.81 bits per heavy atom. The highest BCUT2D eigenvalue weighted by Crippen LogP contribution is 2.54. The molecule has 2 fully saturated rings. The number of nitriles is 2. The van der Waals surface area contributed by atoms with E-state index in [1.807, 2.05) is 6.20 Å². The summed E-state index contributed by atoms with van der Waals surface area (Å²) in [6.45, 7) is 0. The summed E-state index contributed by atoms with van der Waals surface area (Å²) >= 11 is 0. The van der Waals surface area contributed by atoms with Crippen molar-refractivity contribution >= 4 is 10.8 Å². The summed E-state index contributed by atoms with van der Waals surface area (Å²) in [5, 5.41) is 22.6. The van der Waals surface area contributed by atoms with Crippen molar-refractivity contribution in [1.82, 2.24) is 4.98 Å². The molecule has 0 bridgehead atoms. The number of hydrogen-bond donors (Lipinski definition) is 0. The molecule has 3 nitrogen and oxygen atoms in total. The van der Waals surface area contributed by atoms with Crippen molar-refractivity contribution in [3.63, 3.8) is 0 Å². The maximum atomic E-state index is 10.4. The number of pyridine rings is 1. The van der Waals surface area contributed by atoms with Crippen LogP contribution in [0.3, 0.4) is 0 Å². The molecule has 0 N–H and O–H groups in total. The van der Waals surface area contributed by atoms with Crippen LogP contribution in [0.1, 0.15) is 57.1 Å². The first-order valence-electron chi connectivity index (χ1n) is 10.4. The van der Waals surface area contributed by atoms with E-state index in [9.17, 15) is 10.5 Å². The molecule has 0 aliphatic heterocycles. The molecular formula is C24H27N3. The summed E-state index contributed by atoms with van der Waals surface area (Å²) in [5.74, 6) is 0.564. The topological polar surface area (TPSA) is 60.5 Å². The first-order chi connectivity index (χ1) is 13.3. The van der Waals surface area contributed by atoms with Crippen molar-refractivity contribution in [1.29, 1.82) is 10.5 Å². The molecule has 4 rings (SSSR count). The van der Waals surface area contributed by atoms with Gasteiger partial charge < -0.3 is 0 Å². The molecule has 3 heteroatoms. The van der Waals surface area contributed by atoms with Gasteiger partial charge in [0, 0.05) is 17.3 Å². The van der Waals surface area contributed by atoms with Gasteiger partial charge in [-0.15, -0.1) is 0 Å². The van der Waals surface area contributed by atoms with Crippen molar-refractivity contribution in [2.24, 2.45) is 23.2 Å². The average molecular weight is 358 g/mol. The monoisotopic (exact) mass is 357 g/mol. The number of aromatic nitrogens is 1. The van der Waals surface area contributed by atoms with Crippen LogP contribution in [-0.2, 0) is 6.42 Å². The third-order valence-electron chi connectivity index (χ3n) is 7.12. The van der Waals surface area contributed by atoms with Crippen LogP contribution in [0.25, 0.3) is 10.8 Å². The van der Waals surface area contributed by atoms with Gasteiger partial charge in [0.05, 0.1) is 23.5 Å². The van der Waals surface area contributed by atoms with Crippen LogP contribution in [0.15, 0.2) is 36.5 Å². The number of fused-ring (bicyclic) bond motifs is 1. The predicted octanol–water partition coefficient (Wildman–Crippen LogP) is 5.81. The summed E-state index contributed by atoms with van der Waals surface area (Å²) in [6, 6.07) is 15.8. The standard InChI is InChI=1S/C24H27N3/c25-16-19-8-2-4-11-22(19)24(17-26)13-6-5-9-20(24)15-23-21-10-3-1-7-18(21)12-14-27-23/h1,3,7,10,12,14,19-20,22H,2,4-6,8-9,11,13,15H2. The molecule has 0 radical (unpaired) electrons. The lowest BCUT2D eigenvalue weighted by molar-refractivity contribution is 0.0381. The van der Waals surface area contributed by atoms with Gasteiger partial charge in [0.2, 0.25) is 0 Å². The molecule has 0 amide bonds. The van der Waals surface area contributed by atoms with Crippen molar-refractivity contribution in [2.45, 2.75) is 57.8 Å². The van der Waals surface area contributed by atoms with Gasteiger partial charge in [0.1, 0.15) is 0 Å². The van der Waals surface area contributed by atoms with Gasteiger partial charge in [0.25, 0.3) is 0 Å². The Bertz CT molecular complexity index is 885. The minimum Gasteiger partial charge on any atom is -0.261 e. The van der Waals surface area contributed by atoms with Gasteiger partial charge >= 0.3 is 0 Å². The predicted molar refractivity (Wildman–Crippen MR) is 107 cm³/mol. The Morgan fingerprint density at radius 1 is 1.00 bits per heavy atom. The molecule has 2 aliphatic rings. The van der Waals surface area contributed by atoms with Gasteiger partial charge in [-0.2, -0.15) is 10.5 Å². The number of nitrogens with zero attached hydrogens (tertiary/aromatic N) is 3. The third kappa shape index (κ3) is 3.21. The fourth-order valence-corrected chi connectivity index (χ4v) is 5.75. The van der Waals surface area contributed by atoms with E-state index in [0.29, 0.717) is 5.92 Å². The summed E-state index contributed by atoms with van der Waals surface area (Å²) in [6.07, 6.45) is 11.3. The highest BCUT2D eigenvalue weighted by molar-refractivity contribution is 5.84. The maximum absolute atomic E-state index is 10.4. The van der Waals surface area contributed by atoms with E-state index in [1.54, 1.807) is 0 Å². The lowest BCUT2D eigenvalue weighted by atomic mass is 9.54. The number of benzene rings is 1.